The largest absolute Gasteiger partial charge is 0.340 e. The van der Waals surface area contributed by atoms with Crippen molar-refractivity contribution >= 4 is 15.7 Å². The number of carbonyl (C=O) groups excluding carboxylic acids is 1. The fraction of sp³-hybridized carbons (Fsp3) is 0.611. The maximum absolute atomic E-state index is 12.6. The van der Waals surface area contributed by atoms with Crippen molar-refractivity contribution in [3.05, 3.63) is 29.3 Å². The quantitative estimate of drug-likeness (QED) is 0.812. The van der Waals surface area contributed by atoms with Gasteiger partial charge in [-0.15, -0.1) is 0 Å². The molecule has 134 valence electrons. The van der Waals surface area contributed by atoms with E-state index >= 15 is 0 Å². The molecule has 1 heterocycles. The molecule has 1 aliphatic rings. The lowest BCUT2D eigenvalue weighted by molar-refractivity contribution is -0.136. The van der Waals surface area contributed by atoms with Crippen LogP contribution in [-0.2, 0) is 14.6 Å². The smallest absolute Gasteiger partial charge is 0.225 e. The van der Waals surface area contributed by atoms with Gasteiger partial charge in [-0.05, 0) is 31.0 Å². The third kappa shape index (κ3) is 4.57. The molecule has 2 rings (SSSR count). The van der Waals surface area contributed by atoms with Gasteiger partial charge >= 0.3 is 0 Å². The van der Waals surface area contributed by atoms with Crippen molar-refractivity contribution in [1.82, 2.24) is 9.80 Å². The van der Waals surface area contributed by atoms with Crippen LogP contribution >= 0.6 is 0 Å². The van der Waals surface area contributed by atoms with E-state index in [1.165, 1.54) is 0 Å². The van der Waals surface area contributed by atoms with Gasteiger partial charge in [0.15, 0.2) is 9.84 Å². The summed E-state index contributed by atoms with van der Waals surface area (Å²) in [6, 6.07) is 5.54. The van der Waals surface area contributed by atoms with Crippen LogP contribution in [0.5, 0.6) is 0 Å². The van der Waals surface area contributed by atoms with Gasteiger partial charge in [-0.1, -0.05) is 26.0 Å². The summed E-state index contributed by atoms with van der Waals surface area (Å²) in [6.45, 7) is 10.9. The van der Waals surface area contributed by atoms with Crippen LogP contribution in [-0.4, -0.2) is 62.6 Å². The van der Waals surface area contributed by atoms with Gasteiger partial charge in [0.1, 0.15) is 0 Å². The van der Waals surface area contributed by atoms with E-state index in [0.29, 0.717) is 24.5 Å². The van der Waals surface area contributed by atoms with Crippen molar-refractivity contribution < 1.29 is 13.2 Å². The van der Waals surface area contributed by atoms with Crippen molar-refractivity contribution in [1.29, 1.82) is 0 Å². The van der Waals surface area contributed by atoms with Gasteiger partial charge in [-0.2, -0.15) is 0 Å². The number of nitrogens with zero attached hydrogens (tertiary/aromatic N) is 2. The molecule has 0 unspecified atom stereocenters. The zero-order valence-electron chi connectivity index (χ0n) is 15.1. The van der Waals surface area contributed by atoms with Crippen molar-refractivity contribution in [3.63, 3.8) is 0 Å². The average molecular weight is 353 g/mol. The number of aryl methyl sites for hydroxylation is 2. The van der Waals surface area contributed by atoms with Gasteiger partial charge in [-0.3, -0.25) is 9.69 Å². The minimum Gasteiger partial charge on any atom is -0.340 e. The Balaban J connectivity index is 1.92. The van der Waals surface area contributed by atoms with Crippen molar-refractivity contribution in [3.8, 4) is 0 Å². The molecule has 0 N–H and O–H groups in total. The van der Waals surface area contributed by atoms with Crippen LogP contribution in [0.2, 0.25) is 0 Å². The maximum atomic E-state index is 12.6. The van der Waals surface area contributed by atoms with Gasteiger partial charge < -0.3 is 4.90 Å². The molecule has 0 atom stereocenters. The van der Waals surface area contributed by atoms with Crippen LogP contribution in [0.4, 0.5) is 0 Å². The summed E-state index contributed by atoms with van der Waals surface area (Å²) >= 11 is 0. The highest BCUT2D eigenvalue weighted by molar-refractivity contribution is 7.91. The molecule has 5 nitrogen and oxygen atoms in total. The van der Waals surface area contributed by atoms with E-state index in [-0.39, 0.29) is 17.6 Å². The molecule has 1 fully saturated rings. The lowest BCUT2D eigenvalue weighted by atomic mass is 10.1. The fourth-order valence-corrected chi connectivity index (χ4v) is 4.60. The van der Waals surface area contributed by atoms with E-state index < -0.39 is 9.84 Å². The number of piperazine rings is 1. The maximum Gasteiger partial charge on any atom is 0.225 e. The van der Waals surface area contributed by atoms with E-state index in [2.05, 4.69) is 4.90 Å². The Labute approximate surface area is 145 Å². The standard InChI is InChI=1S/C18H28N2O3S/c1-14(2)18(21)20-9-7-19(8-10-20)11-12-24(22,23)17-13-15(3)5-6-16(17)4/h5-6,13-14H,7-12H2,1-4H3. The van der Waals surface area contributed by atoms with Gasteiger partial charge in [0, 0.05) is 38.6 Å². The summed E-state index contributed by atoms with van der Waals surface area (Å²) in [6.07, 6.45) is 0. The molecule has 0 aliphatic carbocycles. The minimum atomic E-state index is -3.28. The number of benzene rings is 1. The number of rotatable bonds is 5. The van der Waals surface area contributed by atoms with Crippen LogP contribution in [0.1, 0.15) is 25.0 Å². The second-order valence-electron chi connectivity index (χ2n) is 6.91. The summed E-state index contributed by atoms with van der Waals surface area (Å²) in [5, 5.41) is 0. The molecular weight excluding hydrogens is 324 g/mol. The Morgan fingerprint density at radius 1 is 1.12 bits per heavy atom. The Kier molecular flexibility index (Phi) is 6.04. The number of carbonyl (C=O) groups is 1. The van der Waals surface area contributed by atoms with Crippen LogP contribution in [0.3, 0.4) is 0 Å². The van der Waals surface area contributed by atoms with Crippen molar-refractivity contribution in [2.75, 3.05) is 38.5 Å². The van der Waals surface area contributed by atoms with E-state index in [1.54, 1.807) is 6.07 Å². The van der Waals surface area contributed by atoms with Crippen molar-refractivity contribution in [2.45, 2.75) is 32.6 Å². The normalized spacial score (nSPS) is 16.6. The van der Waals surface area contributed by atoms with Gasteiger partial charge in [0.2, 0.25) is 5.91 Å². The average Bonchev–Trinajstić information content (AvgIpc) is 2.55. The first kappa shape index (κ1) is 18.9. The summed E-state index contributed by atoms with van der Waals surface area (Å²) in [4.78, 5) is 16.4. The SMILES string of the molecule is Cc1ccc(C)c(S(=O)(=O)CCN2CCN(C(=O)C(C)C)CC2)c1. The molecule has 0 radical (unpaired) electrons. The number of hydrogen-bond donors (Lipinski definition) is 0. The van der Waals surface area contributed by atoms with Crippen LogP contribution < -0.4 is 0 Å². The van der Waals surface area contributed by atoms with E-state index in [9.17, 15) is 13.2 Å². The van der Waals surface area contributed by atoms with E-state index in [1.807, 2.05) is 44.7 Å². The molecule has 1 aliphatic heterocycles. The molecule has 0 spiro atoms. The minimum absolute atomic E-state index is 0.0150. The molecule has 0 aromatic heterocycles. The Hall–Kier alpha value is -1.40. The van der Waals surface area contributed by atoms with Crippen LogP contribution in [0.25, 0.3) is 0 Å². The lowest BCUT2D eigenvalue weighted by Gasteiger charge is -2.35. The first-order chi connectivity index (χ1) is 11.2. The number of sulfone groups is 1. The summed E-state index contributed by atoms with van der Waals surface area (Å²) in [5.74, 6) is 0.314. The Morgan fingerprint density at radius 2 is 1.75 bits per heavy atom. The molecule has 0 saturated carbocycles. The second-order valence-corrected chi connectivity index (χ2v) is 8.99. The zero-order valence-corrected chi connectivity index (χ0v) is 15.9. The third-order valence-electron chi connectivity index (χ3n) is 4.53. The van der Waals surface area contributed by atoms with Gasteiger partial charge in [0.25, 0.3) is 0 Å². The topological polar surface area (TPSA) is 57.7 Å². The third-order valence-corrected chi connectivity index (χ3v) is 6.36. The first-order valence-electron chi connectivity index (χ1n) is 8.52. The number of amides is 1. The highest BCUT2D eigenvalue weighted by Crippen LogP contribution is 2.18. The Morgan fingerprint density at radius 3 is 2.33 bits per heavy atom. The molecule has 0 bridgehead atoms. The monoisotopic (exact) mass is 352 g/mol. The van der Waals surface area contributed by atoms with E-state index in [0.717, 1.165) is 24.2 Å². The molecule has 6 heteroatoms. The van der Waals surface area contributed by atoms with Crippen molar-refractivity contribution in [2.24, 2.45) is 5.92 Å². The predicted octanol–water partition coefficient (Wildman–Crippen LogP) is 1.88. The molecule has 24 heavy (non-hydrogen) atoms. The predicted molar refractivity (Wildman–Crippen MR) is 95.8 cm³/mol. The van der Waals surface area contributed by atoms with Gasteiger partial charge in [0.05, 0.1) is 10.6 Å². The molecule has 1 aromatic carbocycles. The molecule has 1 saturated heterocycles. The summed E-state index contributed by atoms with van der Waals surface area (Å²) in [5.41, 5.74) is 1.76. The first-order valence-corrected chi connectivity index (χ1v) is 10.2. The van der Waals surface area contributed by atoms with Crippen LogP contribution in [0.15, 0.2) is 23.1 Å². The molecule has 1 aromatic rings. The highest BCUT2D eigenvalue weighted by atomic mass is 32.2. The van der Waals surface area contributed by atoms with E-state index in [4.69, 9.17) is 0 Å². The number of hydrogen-bond acceptors (Lipinski definition) is 4. The molecular formula is C18H28N2O3S. The fourth-order valence-electron chi connectivity index (χ4n) is 2.96. The summed E-state index contributed by atoms with van der Waals surface area (Å²) in [7, 11) is -3.28. The van der Waals surface area contributed by atoms with Gasteiger partial charge in [-0.25, -0.2) is 8.42 Å². The second kappa shape index (κ2) is 7.66. The summed E-state index contributed by atoms with van der Waals surface area (Å²) < 4.78 is 25.2. The highest BCUT2D eigenvalue weighted by Gasteiger charge is 2.24. The lowest BCUT2D eigenvalue weighted by Crippen LogP contribution is -2.50. The van der Waals surface area contributed by atoms with Crippen LogP contribution in [0, 0.1) is 19.8 Å². The zero-order chi connectivity index (χ0) is 17.9. The molecule has 1 amide bonds. The Bertz CT molecular complexity index is 690.